The third-order valence-electron chi connectivity index (χ3n) is 2.54. The standard InChI is InChI=1S/C12H14N2O5S/c1-6(2)10(12(16)17)20-9-4-3-7(11(13)15)5-8(9)14(18)19/h3-6,10H,1-2H3,(H2,13,15)(H,16,17). The van der Waals surface area contributed by atoms with Crippen molar-refractivity contribution < 1.29 is 19.6 Å². The Morgan fingerprint density at radius 2 is 2.00 bits per heavy atom. The van der Waals surface area contributed by atoms with Crippen molar-refractivity contribution in [1.82, 2.24) is 0 Å². The Balaban J connectivity index is 3.20. The number of nitrogens with two attached hydrogens (primary N) is 1. The van der Waals surface area contributed by atoms with Crippen molar-refractivity contribution in [2.45, 2.75) is 24.0 Å². The number of hydrogen-bond donors (Lipinski definition) is 2. The average Bonchev–Trinajstić information content (AvgIpc) is 2.34. The van der Waals surface area contributed by atoms with Crippen LogP contribution in [-0.4, -0.2) is 27.2 Å². The molecule has 0 aliphatic heterocycles. The number of primary amides is 1. The van der Waals surface area contributed by atoms with E-state index in [-0.39, 0.29) is 22.1 Å². The summed E-state index contributed by atoms with van der Waals surface area (Å²) in [7, 11) is 0. The minimum absolute atomic E-state index is 0.0115. The Morgan fingerprint density at radius 3 is 2.40 bits per heavy atom. The van der Waals surface area contributed by atoms with Crippen LogP contribution in [-0.2, 0) is 4.79 Å². The highest BCUT2D eigenvalue weighted by Crippen LogP contribution is 2.35. The molecule has 3 N–H and O–H groups in total. The first-order valence-electron chi connectivity index (χ1n) is 5.71. The van der Waals surface area contributed by atoms with Crippen LogP contribution in [0.5, 0.6) is 0 Å². The molecular weight excluding hydrogens is 284 g/mol. The zero-order valence-electron chi connectivity index (χ0n) is 10.9. The van der Waals surface area contributed by atoms with Gasteiger partial charge in [0.25, 0.3) is 5.69 Å². The Morgan fingerprint density at radius 1 is 1.40 bits per heavy atom. The summed E-state index contributed by atoms with van der Waals surface area (Å²) in [5.74, 6) is -2.02. The molecule has 0 fully saturated rings. The smallest absolute Gasteiger partial charge is 0.317 e. The summed E-state index contributed by atoms with van der Waals surface area (Å²) in [4.78, 5) is 32.7. The highest BCUT2D eigenvalue weighted by atomic mass is 32.2. The van der Waals surface area contributed by atoms with E-state index in [9.17, 15) is 19.7 Å². The zero-order chi connectivity index (χ0) is 15.4. The van der Waals surface area contributed by atoms with Gasteiger partial charge >= 0.3 is 5.97 Å². The van der Waals surface area contributed by atoms with Gasteiger partial charge in [-0.2, -0.15) is 0 Å². The molecule has 1 rings (SSSR count). The predicted octanol–water partition coefficient (Wildman–Crippen LogP) is 1.89. The second-order valence-electron chi connectivity index (χ2n) is 4.42. The third kappa shape index (κ3) is 3.70. The lowest BCUT2D eigenvalue weighted by molar-refractivity contribution is -0.387. The second kappa shape index (κ2) is 6.38. The first-order valence-corrected chi connectivity index (χ1v) is 6.59. The van der Waals surface area contributed by atoms with E-state index in [0.717, 1.165) is 17.8 Å². The van der Waals surface area contributed by atoms with Crippen molar-refractivity contribution >= 4 is 29.3 Å². The molecular formula is C12H14N2O5S. The lowest BCUT2D eigenvalue weighted by atomic mass is 10.1. The van der Waals surface area contributed by atoms with Crippen LogP contribution in [0.1, 0.15) is 24.2 Å². The fourth-order valence-corrected chi connectivity index (χ4v) is 2.57. The minimum Gasteiger partial charge on any atom is -0.480 e. The summed E-state index contributed by atoms with van der Waals surface area (Å²) in [6.07, 6.45) is 0. The van der Waals surface area contributed by atoms with Crippen LogP contribution in [0.25, 0.3) is 0 Å². The number of nitro groups is 1. The number of carboxylic acid groups (broad SMARTS) is 1. The van der Waals surface area contributed by atoms with Gasteiger partial charge in [-0.15, -0.1) is 11.8 Å². The highest BCUT2D eigenvalue weighted by molar-refractivity contribution is 8.00. The SMILES string of the molecule is CC(C)C(Sc1ccc(C(N)=O)cc1[N+](=O)[O-])C(=O)O. The molecule has 0 spiro atoms. The molecule has 108 valence electrons. The first-order chi connectivity index (χ1) is 9.23. The summed E-state index contributed by atoms with van der Waals surface area (Å²) >= 11 is 0.887. The van der Waals surface area contributed by atoms with Gasteiger partial charge in [0, 0.05) is 11.6 Å². The number of carbonyl (C=O) groups is 2. The lowest BCUT2D eigenvalue weighted by Crippen LogP contribution is -2.22. The number of rotatable bonds is 6. The summed E-state index contributed by atoms with van der Waals surface area (Å²) in [6.45, 7) is 3.44. The third-order valence-corrected chi connectivity index (χ3v) is 4.14. The molecule has 0 bridgehead atoms. The fourth-order valence-electron chi connectivity index (χ4n) is 1.52. The van der Waals surface area contributed by atoms with Crippen LogP contribution in [0.2, 0.25) is 0 Å². The van der Waals surface area contributed by atoms with E-state index in [2.05, 4.69) is 0 Å². The van der Waals surface area contributed by atoms with Gasteiger partial charge in [0.2, 0.25) is 5.91 Å². The van der Waals surface area contributed by atoms with Crippen molar-refractivity contribution in [1.29, 1.82) is 0 Å². The summed E-state index contributed by atoms with van der Waals surface area (Å²) in [5, 5.41) is 19.3. The van der Waals surface area contributed by atoms with Crippen LogP contribution in [0.4, 0.5) is 5.69 Å². The number of thioether (sulfide) groups is 1. The normalized spacial score (nSPS) is 12.2. The largest absolute Gasteiger partial charge is 0.480 e. The number of benzene rings is 1. The highest BCUT2D eigenvalue weighted by Gasteiger charge is 2.27. The molecule has 0 radical (unpaired) electrons. The predicted molar refractivity (Wildman–Crippen MR) is 73.7 cm³/mol. The molecule has 0 saturated carbocycles. The van der Waals surface area contributed by atoms with Crippen molar-refractivity contribution in [2.75, 3.05) is 0 Å². The molecule has 1 aromatic carbocycles. The Kier molecular flexibility index (Phi) is 5.09. The van der Waals surface area contributed by atoms with E-state index in [1.807, 2.05) is 0 Å². The summed E-state index contributed by atoms with van der Waals surface area (Å²) in [5.41, 5.74) is 4.76. The van der Waals surface area contributed by atoms with Gasteiger partial charge in [0.05, 0.1) is 9.82 Å². The van der Waals surface area contributed by atoms with Gasteiger partial charge < -0.3 is 10.8 Å². The number of aliphatic carboxylic acids is 1. The van der Waals surface area contributed by atoms with E-state index >= 15 is 0 Å². The molecule has 8 heteroatoms. The number of carbonyl (C=O) groups excluding carboxylic acids is 1. The van der Waals surface area contributed by atoms with Crippen molar-refractivity contribution in [2.24, 2.45) is 11.7 Å². The van der Waals surface area contributed by atoms with Gasteiger partial charge in [0.1, 0.15) is 5.25 Å². The summed E-state index contributed by atoms with van der Waals surface area (Å²) < 4.78 is 0. The van der Waals surface area contributed by atoms with Gasteiger partial charge in [-0.05, 0) is 18.1 Å². The number of carboxylic acids is 1. The quantitative estimate of drug-likeness (QED) is 0.469. The molecule has 1 unspecified atom stereocenters. The van der Waals surface area contributed by atoms with Crippen molar-refractivity contribution in [3.8, 4) is 0 Å². The van der Waals surface area contributed by atoms with E-state index < -0.39 is 22.0 Å². The molecule has 0 aromatic heterocycles. The van der Waals surface area contributed by atoms with Gasteiger partial charge in [0.15, 0.2) is 0 Å². The molecule has 7 nitrogen and oxygen atoms in total. The Hall–Kier alpha value is -2.09. The maximum atomic E-state index is 11.1. The molecule has 0 heterocycles. The number of amides is 1. The average molecular weight is 298 g/mol. The number of nitro benzene ring substituents is 1. The maximum absolute atomic E-state index is 11.1. The zero-order valence-corrected chi connectivity index (χ0v) is 11.7. The molecule has 0 aliphatic carbocycles. The molecule has 1 aromatic rings. The fraction of sp³-hybridized carbons (Fsp3) is 0.333. The van der Waals surface area contributed by atoms with Crippen LogP contribution in [0.15, 0.2) is 23.1 Å². The van der Waals surface area contributed by atoms with Gasteiger partial charge in [-0.1, -0.05) is 13.8 Å². The molecule has 1 atom stereocenters. The minimum atomic E-state index is -1.04. The summed E-state index contributed by atoms with van der Waals surface area (Å²) in [6, 6.07) is 3.75. The van der Waals surface area contributed by atoms with Crippen LogP contribution in [0, 0.1) is 16.0 Å². The lowest BCUT2D eigenvalue weighted by Gasteiger charge is -2.15. The maximum Gasteiger partial charge on any atom is 0.317 e. The van der Waals surface area contributed by atoms with E-state index in [0.29, 0.717) is 0 Å². The van der Waals surface area contributed by atoms with E-state index in [1.165, 1.54) is 12.1 Å². The van der Waals surface area contributed by atoms with Crippen LogP contribution >= 0.6 is 11.8 Å². The Labute approximate surface area is 119 Å². The second-order valence-corrected chi connectivity index (χ2v) is 5.61. The van der Waals surface area contributed by atoms with Crippen molar-refractivity contribution in [3.63, 3.8) is 0 Å². The topological polar surface area (TPSA) is 124 Å². The van der Waals surface area contributed by atoms with Crippen molar-refractivity contribution in [3.05, 3.63) is 33.9 Å². The number of hydrogen-bond acceptors (Lipinski definition) is 5. The van der Waals surface area contributed by atoms with Crippen LogP contribution in [0.3, 0.4) is 0 Å². The Bertz CT molecular complexity index is 559. The van der Waals surface area contributed by atoms with Gasteiger partial charge in [-0.3, -0.25) is 19.7 Å². The molecule has 0 aliphatic rings. The number of nitrogens with zero attached hydrogens (tertiary/aromatic N) is 1. The molecule has 0 saturated heterocycles. The first kappa shape index (κ1) is 16.0. The van der Waals surface area contributed by atoms with E-state index in [1.54, 1.807) is 13.8 Å². The van der Waals surface area contributed by atoms with Crippen LogP contribution < -0.4 is 5.73 Å². The monoisotopic (exact) mass is 298 g/mol. The van der Waals surface area contributed by atoms with Gasteiger partial charge in [-0.25, -0.2) is 0 Å². The molecule has 20 heavy (non-hydrogen) atoms. The molecule has 1 amide bonds. The van der Waals surface area contributed by atoms with E-state index in [4.69, 9.17) is 10.8 Å².